The van der Waals surface area contributed by atoms with Crippen molar-refractivity contribution in [3.63, 3.8) is 0 Å². The van der Waals surface area contributed by atoms with Gasteiger partial charge in [-0.2, -0.15) is 0 Å². The van der Waals surface area contributed by atoms with Crippen molar-refractivity contribution in [2.45, 2.75) is 38.3 Å². The van der Waals surface area contributed by atoms with Crippen molar-refractivity contribution >= 4 is 61.6 Å². The zero-order valence-corrected chi connectivity index (χ0v) is 34.5. The van der Waals surface area contributed by atoms with E-state index in [4.69, 9.17) is 9.98 Å². The van der Waals surface area contributed by atoms with Gasteiger partial charge in [-0.05, 0) is 102 Å². The predicted molar refractivity (Wildman–Crippen MR) is 259 cm³/mol. The summed E-state index contributed by atoms with van der Waals surface area (Å²) in [6, 6.07) is 55.2. The molecule has 0 saturated heterocycles. The van der Waals surface area contributed by atoms with Crippen molar-refractivity contribution in [2.24, 2.45) is 15.9 Å². The summed E-state index contributed by atoms with van der Waals surface area (Å²) < 4.78 is 4.92. The number of nitrogens with zero attached hydrogens (tertiary/aromatic N) is 4. The monoisotopic (exact) mass is 799 g/mol. The molecule has 0 spiro atoms. The average Bonchev–Trinajstić information content (AvgIpc) is 3.87. The number of allylic oxidation sites excluding steroid dienone is 6. The van der Waals surface area contributed by atoms with Crippen molar-refractivity contribution < 1.29 is 0 Å². The van der Waals surface area contributed by atoms with Crippen LogP contribution >= 0.6 is 0 Å². The van der Waals surface area contributed by atoms with Gasteiger partial charge in [0.25, 0.3) is 0 Å². The molecular weight excluding hydrogens is 755 g/mol. The maximum absolute atomic E-state index is 5.20. The first kappa shape index (κ1) is 36.4. The molecule has 3 aliphatic carbocycles. The van der Waals surface area contributed by atoms with Gasteiger partial charge in [0.15, 0.2) is 5.84 Å². The molecule has 6 aromatic carbocycles. The molecule has 3 heterocycles. The number of amidine groups is 2. The third kappa shape index (κ3) is 6.23. The summed E-state index contributed by atoms with van der Waals surface area (Å²) in [7, 11) is 0. The summed E-state index contributed by atoms with van der Waals surface area (Å²) in [5.41, 5.74) is 13.6. The Bertz CT molecular complexity index is 3410. The first-order chi connectivity index (χ1) is 30.7. The summed E-state index contributed by atoms with van der Waals surface area (Å²) in [4.78, 5) is 10.3. The molecule has 62 heavy (non-hydrogen) atoms. The molecule has 1 N–H and O–H groups in total. The van der Waals surface area contributed by atoms with E-state index in [1.807, 2.05) is 6.07 Å². The van der Waals surface area contributed by atoms with Crippen molar-refractivity contribution in [3.8, 4) is 11.4 Å². The van der Waals surface area contributed by atoms with Crippen molar-refractivity contribution in [1.82, 2.24) is 14.5 Å². The van der Waals surface area contributed by atoms with Crippen LogP contribution in [0.5, 0.6) is 0 Å². The standard InChI is InChI=1S/C57H45N5/c1-4-17-38(18-5-1)55-58-56(39-19-6-2-7-20-39)60-57(59-55)43-23-14-21-40(35-43)41-33-34-48-47-27-10-12-30-50(47)62(53(48)37-41)45-26-15-22-42(36-45)46-29-16-32-52-54(46)49-28-11-13-31-51(49)61(52)44-24-8-3-9-25-44/h1-6,8-15,17-19,21-28,30-34,36-37,43,56H,7,16,20,29,35H2,(H,58,59,60). The number of benzene rings is 6. The second-order valence-electron chi connectivity index (χ2n) is 16.8. The zero-order chi connectivity index (χ0) is 41.0. The second-order valence-corrected chi connectivity index (χ2v) is 16.8. The fourth-order valence-electron chi connectivity index (χ4n) is 10.2. The van der Waals surface area contributed by atoms with Gasteiger partial charge in [0.1, 0.15) is 12.0 Å². The van der Waals surface area contributed by atoms with Crippen LogP contribution in [0, 0.1) is 5.92 Å². The van der Waals surface area contributed by atoms with E-state index in [0.29, 0.717) is 0 Å². The Balaban J connectivity index is 0.943. The number of aromatic nitrogens is 2. The molecular formula is C57H45N5. The van der Waals surface area contributed by atoms with E-state index in [0.717, 1.165) is 49.3 Å². The topological polar surface area (TPSA) is 46.6 Å². The highest BCUT2D eigenvalue weighted by atomic mass is 15.2. The minimum Gasteiger partial charge on any atom is -0.348 e. The van der Waals surface area contributed by atoms with Crippen molar-refractivity contribution in [1.29, 1.82) is 0 Å². The van der Waals surface area contributed by atoms with Gasteiger partial charge >= 0.3 is 0 Å². The molecule has 12 rings (SSSR count). The highest BCUT2D eigenvalue weighted by Crippen LogP contribution is 2.37. The smallest absolute Gasteiger partial charge is 0.159 e. The third-order valence-electron chi connectivity index (χ3n) is 13.1. The maximum atomic E-state index is 5.20. The average molecular weight is 800 g/mol. The quantitative estimate of drug-likeness (QED) is 0.171. The highest BCUT2D eigenvalue weighted by Gasteiger charge is 2.28. The number of hydrogen-bond donors (Lipinski definition) is 1. The van der Waals surface area contributed by atoms with E-state index in [1.165, 1.54) is 82.5 Å². The maximum Gasteiger partial charge on any atom is 0.159 e. The SMILES string of the molecule is C1=CCCC(C2N=C(c3ccccc3)N=C(C3C=CC=C(c4ccc5c6ccccc6n(-c6cccc(C7=c8c(n(-c9ccccc9)c9ccccc89)=CCC7)c6)c5c4)C3)N2)=C1. The van der Waals surface area contributed by atoms with E-state index in [-0.39, 0.29) is 12.1 Å². The number of nitrogens with one attached hydrogen (secondary N) is 1. The van der Waals surface area contributed by atoms with Crippen LogP contribution in [0.25, 0.3) is 61.3 Å². The van der Waals surface area contributed by atoms with Gasteiger partial charge in [-0.15, -0.1) is 0 Å². The molecule has 0 amide bonds. The van der Waals surface area contributed by atoms with Gasteiger partial charge in [-0.3, -0.25) is 0 Å². The molecule has 2 atom stereocenters. The molecule has 0 saturated carbocycles. The molecule has 4 aliphatic rings. The Kier molecular flexibility index (Phi) is 8.91. The van der Waals surface area contributed by atoms with Crippen LogP contribution in [0.2, 0.25) is 0 Å². The highest BCUT2D eigenvalue weighted by molar-refractivity contribution is 6.11. The first-order valence-corrected chi connectivity index (χ1v) is 22.0. The number of aliphatic imine (C=N–C) groups is 2. The minimum atomic E-state index is -0.132. The molecule has 2 aromatic heterocycles. The van der Waals surface area contributed by atoms with Crippen LogP contribution in [0.15, 0.2) is 204 Å². The summed E-state index contributed by atoms with van der Waals surface area (Å²) in [6.45, 7) is 0. The summed E-state index contributed by atoms with van der Waals surface area (Å²) in [5.74, 6) is 1.85. The molecule has 1 aliphatic heterocycles. The van der Waals surface area contributed by atoms with Gasteiger partial charge < -0.3 is 14.5 Å². The Morgan fingerprint density at radius 3 is 2.15 bits per heavy atom. The Labute approximate surface area is 361 Å². The van der Waals surface area contributed by atoms with Crippen LogP contribution < -0.4 is 15.9 Å². The number of para-hydroxylation sites is 3. The molecule has 0 bridgehead atoms. The largest absolute Gasteiger partial charge is 0.348 e. The molecule has 298 valence electrons. The summed E-state index contributed by atoms with van der Waals surface area (Å²) in [6.07, 6.45) is 20.6. The van der Waals surface area contributed by atoms with Crippen LogP contribution in [0.1, 0.15) is 48.8 Å². The fourth-order valence-corrected chi connectivity index (χ4v) is 10.2. The zero-order valence-electron chi connectivity index (χ0n) is 34.5. The van der Waals surface area contributed by atoms with Crippen molar-refractivity contribution in [3.05, 3.63) is 221 Å². The van der Waals surface area contributed by atoms with Crippen LogP contribution in [0.3, 0.4) is 0 Å². The number of fused-ring (bicyclic) bond motifs is 6. The van der Waals surface area contributed by atoms with Crippen LogP contribution in [-0.4, -0.2) is 27.0 Å². The molecule has 8 aromatic rings. The lowest BCUT2D eigenvalue weighted by molar-refractivity contribution is 0.651. The van der Waals surface area contributed by atoms with E-state index in [1.54, 1.807) is 0 Å². The lowest BCUT2D eigenvalue weighted by Gasteiger charge is -2.30. The Morgan fingerprint density at radius 1 is 0.565 bits per heavy atom. The molecule has 0 radical (unpaired) electrons. The molecule has 0 fully saturated rings. The predicted octanol–water partition coefficient (Wildman–Crippen LogP) is 11.5. The fraction of sp³-hybridized carbons (Fsp3) is 0.123. The van der Waals surface area contributed by atoms with Crippen LogP contribution in [-0.2, 0) is 0 Å². The minimum absolute atomic E-state index is 0.0900. The van der Waals surface area contributed by atoms with Gasteiger partial charge in [0.05, 0.1) is 21.9 Å². The molecule has 2 unspecified atom stereocenters. The summed E-state index contributed by atoms with van der Waals surface area (Å²) >= 11 is 0. The van der Waals surface area contributed by atoms with Gasteiger partial charge in [0.2, 0.25) is 0 Å². The Hall–Kier alpha value is -7.50. The molecule has 5 heteroatoms. The number of rotatable bonds is 7. The normalized spacial score (nSPS) is 18.5. The second kappa shape index (κ2) is 15.2. The van der Waals surface area contributed by atoms with Crippen LogP contribution in [0.4, 0.5) is 0 Å². The van der Waals surface area contributed by atoms with E-state index < -0.39 is 0 Å². The Morgan fingerprint density at radius 2 is 1.31 bits per heavy atom. The molecule has 5 nitrogen and oxygen atoms in total. The lowest BCUT2D eigenvalue weighted by Crippen LogP contribution is -2.43. The van der Waals surface area contributed by atoms with E-state index in [2.05, 4.69) is 203 Å². The van der Waals surface area contributed by atoms with E-state index >= 15 is 0 Å². The van der Waals surface area contributed by atoms with Crippen molar-refractivity contribution in [2.75, 3.05) is 0 Å². The lowest BCUT2D eigenvalue weighted by atomic mass is 9.88. The van der Waals surface area contributed by atoms with Gasteiger partial charge in [-0.25, -0.2) is 9.98 Å². The van der Waals surface area contributed by atoms with Gasteiger partial charge in [0, 0.05) is 44.2 Å². The van der Waals surface area contributed by atoms with E-state index in [9.17, 15) is 0 Å². The number of hydrogen-bond acceptors (Lipinski definition) is 3. The summed E-state index contributed by atoms with van der Waals surface area (Å²) in [5, 5.41) is 10.2. The first-order valence-electron chi connectivity index (χ1n) is 22.0. The third-order valence-corrected chi connectivity index (χ3v) is 13.1. The van der Waals surface area contributed by atoms with Gasteiger partial charge in [-0.1, -0.05) is 152 Å².